The number of pyridine rings is 2. The topological polar surface area (TPSA) is 163 Å². The summed E-state index contributed by atoms with van der Waals surface area (Å²) in [5.41, 5.74) is 2.67. The Morgan fingerprint density at radius 1 is 1.18 bits per heavy atom. The maximum absolute atomic E-state index is 14.2. The van der Waals surface area contributed by atoms with E-state index < -0.39 is 21.2 Å². The summed E-state index contributed by atoms with van der Waals surface area (Å²) < 4.78 is 34.4. The summed E-state index contributed by atoms with van der Waals surface area (Å²) in [6, 6.07) is 9.98. The van der Waals surface area contributed by atoms with Crippen molar-refractivity contribution in [3.63, 3.8) is 0 Å². The Hall–Kier alpha value is -4.90. The maximum Gasteiger partial charge on any atom is 0.267 e. The van der Waals surface area contributed by atoms with Crippen molar-refractivity contribution in [2.24, 2.45) is 0 Å². The molecule has 0 atom stereocenters. The molecule has 1 amide bonds. The number of benzene rings is 1. The van der Waals surface area contributed by atoms with Gasteiger partial charge in [0.15, 0.2) is 0 Å². The lowest BCUT2D eigenvalue weighted by Gasteiger charge is -2.44. The van der Waals surface area contributed by atoms with Gasteiger partial charge in [-0.2, -0.15) is 5.26 Å². The summed E-state index contributed by atoms with van der Waals surface area (Å²) in [4.78, 5) is 45.6. The van der Waals surface area contributed by atoms with E-state index in [1.54, 1.807) is 49.0 Å². The molecule has 55 heavy (non-hydrogen) atoms. The number of nitrogens with one attached hydrogen (secondary N) is 1. The molecule has 5 aromatic rings. The van der Waals surface area contributed by atoms with E-state index in [0.29, 0.717) is 61.7 Å². The van der Waals surface area contributed by atoms with E-state index in [1.165, 1.54) is 29.8 Å². The molecule has 2 fully saturated rings. The molecule has 2 aliphatic heterocycles. The van der Waals surface area contributed by atoms with Gasteiger partial charge in [-0.25, -0.2) is 23.1 Å². The molecule has 0 aliphatic carbocycles. The maximum atomic E-state index is 14.2. The highest BCUT2D eigenvalue weighted by Gasteiger charge is 2.33. The zero-order valence-electron chi connectivity index (χ0n) is 30.8. The average Bonchev–Trinajstić information content (AvgIpc) is 3.58. The third kappa shape index (κ3) is 7.43. The summed E-state index contributed by atoms with van der Waals surface area (Å²) in [5, 5.41) is 11.9. The van der Waals surface area contributed by atoms with Crippen LogP contribution in [-0.2, 0) is 21.3 Å². The number of ether oxygens (including phenoxy) is 1. The first-order valence-electron chi connectivity index (χ1n) is 18.0. The number of amides is 1. The number of piperidine rings is 1. The van der Waals surface area contributed by atoms with E-state index in [2.05, 4.69) is 47.4 Å². The van der Waals surface area contributed by atoms with E-state index in [0.717, 1.165) is 39.1 Å². The Morgan fingerprint density at radius 3 is 2.62 bits per heavy atom. The van der Waals surface area contributed by atoms with Crippen molar-refractivity contribution in [3.05, 3.63) is 79.9 Å². The lowest BCUT2D eigenvalue weighted by molar-refractivity contribution is -0.0711. The fourth-order valence-electron chi connectivity index (χ4n) is 7.07. The Balaban J connectivity index is 1.20. The van der Waals surface area contributed by atoms with Crippen molar-refractivity contribution >= 4 is 65.8 Å². The van der Waals surface area contributed by atoms with Gasteiger partial charge in [-0.1, -0.05) is 23.4 Å². The number of aryl methyl sites for hydroxylation is 1. The van der Waals surface area contributed by atoms with Crippen LogP contribution in [0.3, 0.4) is 0 Å². The first-order valence-corrected chi connectivity index (χ1v) is 20.8. The number of nitriles is 1. The van der Waals surface area contributed by atoms with Crippen LogP contribution in [0.15, 0.2) is 46.8 Å². The number of rotatable bonds is 9. The van der Waals surface area contributed by atoms with Crippen molar-refractivity contribution in [2.75, 3.05) is 37.7 Å². The predicted molar refractivity (Wildman–Crippen MR) is 214 cm³/mol. The SMILES string of the molecule is CCN(c1ncc2nc(C)n(CC#Cc3ccc(Cl)cc3-c3ccnc4c(C(=O)NS(=O)(=O)C(C)C)csc34)c(=O)c2c1C#N)C1CCN(C2COC2)CC1. The van der Waals surface area contributed by atoms with Crippen LogP contribution in [-0.4, -0.2) is 88.9 Å². The molecule has 0 unspecified atom stereocenters. The van der Waals surface area contributed by atoms with Crippen LogP contribution in [0.4, 0.5) is 5.82 Å². The van der Waals surface area contributed by atoms with Gasteiger partial charge in [-0.3, -0.25) is 24.0 Å². The monoisotopic (exact) mass is 798 g/mol. The molecule has 1 aromatic carbocycles. The van der Waals surface area contributed by atoms with E-state index in [4.69, 9.17) is 16.3 Å². The van der Waals surface area contributed by atoms with Crippen molar-refractivity contribution in [1.29, 1.82) is 5.26 Å². The minimum atomic E-state index is -3.85. The average molecular weight is 799 g/mol. The van der Waals surface area contributed by atoms with E-state index >= 15 is 0 Å². The minimum Gasteiger partial charge on any atom is -0.378 e. The van der Waals surface area contributed by atoms with E-state index in [9.17, 15) is 23.3 Å². The Kier molecular flexibility index (Phi) is 10.9. The summed E-state index contributed by atoms with van der Waals surface area (Å²) in [5.74, 6) is 6.48. The molecular weight excluding hydrogens is 760 g/mol. The van der Waals surface area contributed by atoms with Crippen LogP contribution in [0.2, 0.25) is 5.02 Å². The summed E-state index contributed by atoms with van der Waals surface area (Å²) in [6.45, 7) is 10.8. The Morgan fingerprint density at radius 2 is 1.95 bits per heavy atom. The molecule has 7 rings (SSSR count). The van der Waals surface area contributed by atoms with E-state index in [-0.39, 0.29) is 34.7 Å². The number of halogens is 1. The van der Waals surface area contributed by atoms with Gasteiger partial charge >= 0.3 is 0 Å². The molecule has 0 spiro atoms. The molecule has 13 nitrogen and oxygen atoms in total. The summed E-state index contributed by atoms with van der Waals surface area (Å²) >= 11 is 7.72. The minimum absolute atomic E-state index is 0.00155. The van der Waals surface area contributed by atoms with Gasteiger partial charge in [0, 0.05) is 59.0 Å². The predicted octanol–water partition coefficient (Wildman–Crippen LogP) is 5.11. The van der Waals surface area contributed by atoms with Crippen LogP contribution in [0.1, 0.15) is 60.9 Å². The Labute approximate surface area is 328 Å². The van der Waals surface area contributed by atoms with Gasteiger partial charge in [0.2, 0.25) is 10.0 Å². The molecule has 16 heteroatoms. The standard InChI is InChI=1S/C39H39ClN8O5S2/c1-5-47(27-11-15-46(16-12-27)28-20-53-21-28)37-31(18-41)34-33(19-43-37)44-24(4)48(39(34)50)14-6-7-25-8-9-26(40)17-30(25)29-10-13-42-35-32(22-54-36(29)35)38(49)45-55(51,52)23(2)3/h8-10,13,17,19,22-23,27-28H,5,11-12,14-16,20-21H2,1-4H3,(H,45,49). The highest BCUT2D eigenvalue weighted by atomic mass is 35.5. The number of thiophene rings is 1. The normalized spacial score (nSPS) is 15.4. The van der Waals surface area contributed by atoms with Gasteiger partial charge in [0.25, 0.3) is 11.5 Å². The molecule has 6 heterocycles. The number of fused-ring (bicyclic) bond motifs is 2. The smallest absolute Gasteiger partial charge is 0.267 e. The van der Waals surface area contributed by atoms with Crippen molar-refractivity contribution in [3.8, 4) is 29.0 Å². The second-order valence-corrected chi connectivity index (χ2v) is 17.4. The molecule has 0 bridgehead atoms. The Bertz CT molecular complexity index is 2590. The van der Waals surface area contributed by atoms with Crippen molar-refractivity contribution in [1.82, 2.24) is 29.1 Å². The first-order chi connectivity index (χ1) is 26.4. The van der Waals surface area contributed by atoms with Crippen LogP contribution in [0, 0.1) is 30.1 Å². The number of hydrogen-bond donors (Lipinski definition) is 1. The number of nitrogens with zero attached hydrogens (tertiary/aromatic N) is 7. The van der Waals surface area contributed by atoms with Gasteiger partial charge in [0.1, 0.15) is 23.3 Å². The molecule has 2 saturated heterocycles. The lowest BCUT2D eigenvalue weighted by Crippen LogP contribution is -2.54. The third-order valence-corrected chi connectivity index (χ3v) is 13.2. The number of sulfonamides is 1. The number of anilines is 1. The summed E-state index contributed by atoms with van der Waals surface area (Å²) in [6.07, 6.45) is 4.97. The van der Waals surface area contributed by atoms with Gasteiger partial charge < -0.3 is 9.64 Å². The molecule has 284 valence electrons. The first kappa shape index (κ1) is 38.4. The molecular formula is C39H39ClN8O5S2. The number of aromatic nitrogens is 4. The van der Waals surface area contributed by atoms with Gasteiger partial charge in [-0.05, 0) is 64.8 Å². The zero-order chi connectivity index (χ0) is 39.0. The van der Waals surface area contributed by atoms with E-state index in [1.807, 2.05) is 6.92 Å². The van der Waals surface area contributed by atoms with Crippen LogP contribution < -0.4 is 15.2 Å². The highest BCUT2D eigenvalue weighted by Crippen LogP contribution is 2.37. The molecule has 4 aromatic heterocycles. The van der Waals surface area contributed by atoms with Gasteiger partial charge in [-0.15, -0.1) is 11.3 Å². The van der Waals surface area contributed by atoms with Gasteiger partial charge in [0.05, 0.1) is 63.9 Å². The number of carbonyl (C=O) groups is 1. The number of likely N-dealkylation sites (tertiary alicyclic amines) is 1. The quantitative estimate of drug-likeness (QED) is 0.197. The third-order valence-electron chi connectivity index (χ3n) is 10.3. The number of hydrogen-bond acceptors (Lipinski definition) is 12. The summed E-state index contributed by atoms with van der Waals surface area (Å²) in [7, 11) is -3.85. The van der Waals surface area contributed by atoms with Crippen molar-refractivity contribution < 1.29 is 17.9 Å². The lowest BCUT2D eigenvalue weighted by atomic mass is 10.00. The fraction of sp³-hybridized carbons (Fsp3) is 0.385. The highest BCUT2D eigenvalue weighted by molar-refractivity contribution is 7.90. The molecule has 1 N–H and O–H groups in total. The van der Waals surface area contributed by atoms with Crippen LogP contribution >= 0.6 is 22.9 Å². The number of carbonyl (C=O) groups excluding carboxylic acids is 1. The fourth-order valence-corrected chi connectivity index (χ4v) is 8.88. The largest absolute Gasteiger partial charge is 0.378 e. The molecule has 0 radical (unpaired) electrons. The second kappa shape index (κ2) is 15.7. The van der Waals surface area contributed by atoms with Crippen molar-refractivity contribution in [2.45, 2.75) is 64.4 Å². The van der Waals surface area contributed by atoms with Crippen LogP contribution in [0.25, 0.3) is 32.2 Å². The molecule has 0 saturated carbocycles. The second-order valence-electron chi connectivity index (χ2n) is 13.8. The zero-order valence-corrected chi connectivity index (χ0v) is 33.2. The molecule has 2 aliphatic rings. The van der Waals surface area contributed by atoms with Crippen LogP contribution in [0.5, 0.6) is 0 Å².